The lowest BCUT2D eigenvalue weighted by Crippen LogP contribution is -2.58. The topological polar surface area (TPSA) is 92.7 Å². The quantitative estimate of drug-likeness (QED) is 0.672. The van der Waals surface area contributed by atoms with Gasteiger partial charge in [-0.1, -0.05) is 0 Å². The van der Waals surface area contributed by atoms with E-state index in [-0.39, 0.29) is 17.8 Å². The number of hydrogen-bond acceptors (Lipinski definition) is 3. The van der Waals surface area contributed by atoms with Crippen LogP contribution in [-0.4, -0.2) is 47.9 Å². The van der Waals surface area contributed by atoms with Crippen molar-refractivity contribution in [2.75, 3.05) is 20.1 Å². The Hall–Kier alpha value is -1.56. The summed E-state index contributed by atoms with van der Waals surface area (Å²) >= 11 is 0. The maximum Gasteiger partial charge on any atom is 0.324 e. The number of carbonyl (C=O) groups excluding carboxylic acids is 2. The van der Waals surface area contributed by atoms with Gasteiger partial charge in [-0.3, -0.25) is 9.69 Å². The smallest absolute Gasteiger partial charge is 0.324 e. The maximum absolute atomic E-state index is 12.1. The highest BCUT2D eigenvalue weighted by molar-refractivity contribution is 5.96. The number of likely N-dealkylation sites (tertiary alicyclic amines) is 1. The number of urea groups is 1. The summed E-state index contributed by atoms with van der Waals surface area (Å²) in [4.78, 5) is 26.4. The van der Waals surface area contributed by atoms with Gasteiger partial charge in [-0.15, -0.1) is 0 Å². The van der Waals surface area contributed by atoms with Gasteiger partial charge in [0.05, 0.1) is 0 Å². The second-order valence-corrected chi connectivity index (χ2v) is 4.43. The molecule has 0 aromatic carbocycles. The lowest BCUT2D eigenvalue weighted by Gasteiger charge is -2.42. The first-order valence-corrected chi connectivity index (χ1v) is 5.61. The molecule has 4 N–H and O–H groups in total. The molecule has 1 heterocycles. The number of carbonyl (C=O) groups is 2. The lowest BCUT2D eigenvalue weighted by molar-refractivity contribution is -0.115. The minimum absolute atomic E-state index is 0.0799. The predicted octanol–water partition coefficient (Wildman–Crippen LogP) is -0.150. The molecule has 0 spiro atoms. The van der Waals surface area contributed by atoms with Crippen molar-refractivity contribution in [3.05, 3.63) is 11.3 Å². The molecule has 6 nitrogen and oxygen atoms in total. The van der Waals surface area contributed by atoms with E-state index in [1.807, 2.05) is 0 Å². The zero-order chi connectivity index (χ0) is 13.2. The van der Waals surface area contributed by atoms with Gasteiger partial charge in [0.25, 0.3) is 5.91 Å². The third-order valence-corrected chi connectivity index (χ3v) is 2.99. The number of allylic oxidation sites excluding steroid dienone is 1. The summed E-state index contributed by atoms with van der Waals surface area (Å²) in [5.74, 6) is -0.592. The van der Waals surface area contributed by atoms with Crippen molar-refractivity contribution in [1.29, 1.82) is 0 Å². The molecule has 0 unspecified atom stereocenters. The van der Waals surface area contributed by atoms with E-state index < -0.39 is 5.91 Å². The molecule has 96 valence electrons. The van der Waals surface area contributed by atoms with E-state index in [0.29, 0.717) is 13.1 Å². The van der Waals surface area contributed by atoms with Crippen molar-refractivity contribution in [2.45, 2.75) is 26.3 Å². The molecule has 0 saturated carbocycles. The van der Waals surface area contributed by atoms with Crippen LogP contribution in [0.15, 0.2) is 11.3 Å². The minimum Gasteiger partial charge on any atom is -0.364 e. The van der Waals surface area contributed by atoms with Gasteiger partial charge in [0.2, 0.25) is 0 Å². The van der Waals surface area contributed by atoms with E-state index in [1.54, 1.807) is 25.8 Å². The molecule has 0 radical (unpaired) electrons. The van der Waals surface area contributed by atoms with Gasteiger partial charge in [0, 0.05) is 26.2 Å². The molecule has 1 atom stereocenters. The number of nitrogens with two attached hydrogens (primary N) is 2. The van der Waals surface area contributed by atoms with Crippen LogP contribution >= 0.6 is 0 Å². The summed E-state index contributed by atoms with van der Waals surface area (Å²) < 4.78 is 0. The molecule has 1 saturated heterocycles. The highest BCUT2D eigenvalue weighted by Crippen LogP contribution is 2.20. The first kappa shape index (κ1) is 13.5. The Bertz CT molecular complexity index is 358. The van der Waals surface area contributed by atoms with Crippen LogP contribution in [-0.2, 0) is 4.79 Å². The van der Waals surface area contributed by atoms with Crippen LogP contribution in [0.25, 0.3) is 0 Å². The Balaban J connectivity index is 2.82. The predicted molar refractivity (Wildman–Crippen MR) is 64.9 cm³/mol. The molecular formula is C11H20N4O2. The fraction of sp³-hybridized carbons (Fsp3) is 0.636. The SMILES string of the molecule is CC(C)=C(C(N)=O)N(C)C(=O)N1CC[C@H]1CN. The normalized spacial score (nSPS) is 18.4. The van der Waals surface area contributed by atoms with Gasteiger partial charge in [-0.25, -0.2) is 4.79 Å². The maximum atomic E-state index is 12.1. The third-order valence-electron chi connectivity index (χ3n) is 2.99. The third kappa shape index (κ3) is 2.58. The number of nitrogens with zero attached hydrogens (tertiary/aromatic N) is 2. The molecule has 17 heavy (non-hydrogen) atoms. The number of likely N-dealkylation sites (N-methyl/N-ethyl adjacent to an activating group) is 1. The Morgan fingerprint density at radius 3 is 2.29 bits per heavy atom. The first-order chi connectivity index (χ1) is 7.90. The number of rotatable bonds is 3. The second-order valence-electron chi connectivity index (χ2n) is 4.43. The summed E-state index contributed by atoms with van der Waals surface area (Å²) in [6, 6.07) is -0.141. The summed E-state index contributed by atoms with van der Waals surface area (Å²) in [6.45, 7) is 4.63. The summed E-state index contributed by atoms with van der Waals surface area (Å²) in [7, 11) is 1.56. The molecule has 1 aliphatic rings. The molecule has 1 rings (SSSR count). The average Bonchev–Trinajstić information content (AvgIpc) is 2.15. The number of hydrogen-bond donors (Lipinski definition) is 2. The summed E-state index contributed by atoms with van der Waals surface area (Å²) in [5, 5.41) is 0. The Morgan fingerprint density at radius 1 is 1.41 bits per heavy atom. The summed E-state index contributed by atoms with van der Waals surface area (Å²) in [6.07, 6.45) is 0.913. The van der Waals surface area contributed by atoms with Crippen LogP contribution in [0.5, 0.6) is 0 Å². The number of amides is 3. The van der Waals surface area contributed by atoms with E-state index in [1.165, 1.54) is 4.90 Å². The van der Waals surface area contributed by atoms with E-state index in [4.69, 9.17) is 11.5 Å². The van der Waals surface area contributed by atoms with Crippen LogP contribution in [0.2, 0.25) is 0 Å². The number of primary amides is 1. The van der Waals surface area contributed by atoms with Gasteiger partial charge in [0.1, 0.15) is 5.70 Å². The van der Waals surface area contributed by atoms with Crippen LogP contribution in [0.3, 0.4) is 0 Å². The summed E-state index contributed by atoms with van der Waals surface area (Å²) in [5.41, 5.74) is 11.8. The van der Waals surface area contributed by atoms with Crippen LogP contribution in [0.1, 0.15) is 20.3 Å². The zero-order valence-electron chi connectivity index (χ0n) is 10.6. The highest BCUT2D eigenvalue weighted by atomic mass is 16.2. The van der Waals surface area contributed by atoms with E-state index in [9.17, 15) is 9.59 Å². The van der Waals surface area contributed by atoms with Crippen molar-refractivity contribution in [1.82, 2.24) is 9.80 Å². The molecule has 0 aromatic heterocycles. The molecule has 0 bridgehead atoms. The van der Waals surface area contributed by atoms with E-state index in [2.05, 4.69) is 0 Å². The van der Waals surface area contributed by atoms with E-state index in [0.717, 1.165) is 12.0 Å². The Kier molecular flexibility index (Phi) is 4.11. The second kappa shape index (κ2) is 5.18. The van der Waals surface area contributed by atoms with Crippen LogP contribution in [0, 0.1) is 0 Å². The van der Waals surface area contributed by atoms with Crippen molar-refractivity contribution in [3.63, 3.8) is 0 Å². The largest absolute Gasteiger partial charge is 0.364 e. The lowest BCUT2D eigenvalue weighted by atomic mass is 10.0. The fourth-order valence-corrected chi connectivity index (χ4v) is 1.97. The van der Waals surface area contributed by atoms with Crippen molar-refractivity contribution < 1.29 is 9.59 Å². The van der Waals surface area contributed by atoms with Crippen LogP contribution in [0.4, 0.5) is 4.79 Å². The molecule has 6 heteroatoms. The van der Waals surface area contributed by atoms with Gasteiger partial charge in [0.15, 0.2) is 0 Å². The van der Waals surface area contributed by atoms with Crippen molar-refractivity contribution in [2.24, 2.45) is 11.5 Å². The minimum atomic E-state index is -0.592. The fourth-order valence-electron chi connectivity index (χ4n) is 1.97. The van der Waals surface area contributed by atoms with Crippen LogP contribution < -0.4 is 11.5 Å². The van der Waals surface area contributed by atoms with Gasteiger partial charge >= 0.3 is 6.03 Å². The molecule has 1 fully saturated rings. The van der Waals surface area contributed by atoms with Gasteiger partial charge < -0.3 is 16.4 Å². The van der Waals surface area contributed by atoms with Gasteiger partial charge in [-0.05, 0) is 25.8 Å². The highest BCUT2D eigenvalue weighted by Gasteiger charge is 2.34. The zero-order valence-corrected chi connectivity index (χ0v) is 10.6. The standard InChI is InChI=1S/C11H20N4O2/c1-7(2)9(10(13)16)14(3)11(17)15-5-4-8(15)6-12/h8H,4-6,12H2,1-3H3,(H2,13,16)/t8-/m0/s1. The molecule has 3 amide bonds. The van der Waals surface area contributed by atoms with Crippen molar-refractivity contribution in [3.8, 4) is 0 Å². The Morgan fingerprint density at radius 2 is 2.00 bits per heavy atom. The van der Waals surface area contributed by atoms with E-state index >= 15 is 0 Å². The monoisotopic (exact) mass is 240 g/mol. The Labute approximate surface area is 101 Å². The van der Waals surface area contributed by atoms with Gasteiger partial charge in [-0.2, -0.15) is 0 Å². The molecule has 0 aromatic rings. The average molecular weight is 240 g/mol. The molecular weight excluding hydrogens is 220 g/mol. The molecule has 1 aliphatic heterocycles. The van der Waals surface area contributed by atoms with Crippen molar-refractivity contribution >= 4 is 11.9 Å². The molecule has 0 aliphatic carbocycles. The first-order valence-electron chi connectivity index (χ1n) is 5.61.